The van der Waals surface area contributed by atoms with Gasteiger partial charge in [0.15, 0.2) is 0 Å². The first-order chi connectivity index (χ1) is 14.6. The van der Waals surface area contributed by atoms with Gasteiger partial charge in [-0.2, -0.15) is 0 Å². The highest BCUT2D eigenvalue weighted by molar-refractivity contribution is 5.89. The van der Waals surface area contributed by atoms with Gasteiger partial charge in [-0.25, -0.2) is 9.59 Å². The van der Waals surface area contributed by atoms with Crippen molar-refractivity contribution in [3.05, 3.63) is 86.5 Å². The van der Waals surface area contributed by atoms with E-state index >= 15 is 0 Å². The number of esters is 1. The number of benzene rings is 2. The van der Waals surface area contributed by atoms with Gasteiger partial charge in [-0.1, -0.05) is 30.3 Å². The molecule has 2 aromatic carbocycles. The Labute approximate surface area is 169 Å². The van der Waals surface area contributed by atoms with E-state index in [2.05, 4.69) is 4.98 Å². The van der Waals surface area contributed by atoms with Gasteiger partial charge in [0.2, 0.25) is 6.10 Å². The summed E-state index contributed by atoms with van der Waals surface area (Å²) in [5.41, 5.74) is 0.339. The standard InChI is InChI=1S/C23H17NO6/c1-2-28-23(27)20-17(14-11-12-7-3-5-9-15(12)24-21(14)25)18-19(30-20)13-8-4-6-10-16(13)29-22(18)26/h3-11,17,20H,2H2,1H3,(H,24,25)/t17-,20-/m0/s1. The monoisotopic (exact) mass is 403 g/mol. The van der Waals surface area contributed by atoms with Crippen molar-refractivity contribution in [1.29, 1.82) is 0 Å². The summed E-state index contributed by atoms with van der Waals surface area (Å²) in [6.45, 7) is 1.83. The molecule has 0 aliphatic carbocycles. The van der Waals surface area contributed by atoms with E-state index in [0.717, 1.165) is 5.39 Å². The fraction of sp³-hybridized carbons (Fsp3) is 0.174. The molecule has 2 aromatic heterocycles. The van der Waals surface area contributed by atoms with Crippen molar-refractivity contribution in [2.45, 2.75) is 18.9 Å². The van der Waals surface area contributed by atoms with Crippen molar-refractivity contribution in [3.63, 3.8) is 0 Å². The summed E-state index contributed by atoms with van der Waals surface area (Å²) in [5.74, 6) is -1.35. The smallest absolute Gasteiger partial charge is 0.348 e. The molecular formula is C23H17NO6. The van der Waals surface area contributed by atoms with Crippen LogP contribution in [0.2, 0.25) is 0 Å². The molecule has 0 unspecified atom stereocenters. The summed E-state index contributed by atoms with van der Waals surface area (Å²) in [6.07, 6.45) is -1.17. The second-order valence-electron chi connectivity index (χ2n) is 7.04. The van der Waals surface area contributed by atoms with Gasteiger partial charge >= 0.3 is 11.6 Å². The highest BCUT2D eigenvalue weighted by atomic mass is 16.6. The van der Waals surface area contributed by atoms with Gasteiger partial charge in [0, 0.05) is 11.1 Å². The molecule has 0 fully saturated rings. The predicted molar refractivity (Wildman–Crippen MR) is 110 cm³/mol. The largest absolute Gasteiger partial charge is 0.476 e. The van der Waals surface area contributed by atoms with Gasteiger partial charge in [0.05, 0.1) is 23.5 Å². The van der Waals surface area contributed by atoms with E-state index in [1.54, 1.807) is 43.3 Å². The van der Waals surface area contributed by atoms with Crippen molar-refractivity contribution < 1.29 is 18.7 Å². The van der Waals surface area contributed by atoms with E-state index in [-0.39, 0.29) is 23.5 Å². The molecule has 150 valence electrons. The quantitative estimate of drug-likeness (QED) is 0.417. The lowest BCUT2D eigenvalue weighted by Crippen LogP contribution is -2.35. The molecule has 4 aromatic rings. The molecule has 0 radical (unpaired) electrons. The highest BCUT2D eigenvalue weighted by Gasteiger charge is 2.46. The summed E-state index contributed by atoms with van der Waals surface area (Å²) in [5, 5.41) is 1.33. The number of carbonyl (C=O) groups is 1. The molecule has 0 bridgehead atoms. The number of pyridine rings is 1. The maximum absolute atomic E-state index is 12.9. The van der Waals surface area contributed by atoms with Crippen LogP contribution in [0.15, 0.2) is 68.6 Å². The number of aromatic amines is 1. The van der Waals surface area contributed by atoms with Crippen LogP contribution in [0.1, 0.15) is 24.0 Å². The number of para-hydroxylation sites is 2. The molecule has 0 amide bonds. The van der Waals surface area contributed by atoms with Crippen LogP contribution >= 0.6 is 0 Å². The third-order valence-electron chi connectivity index (χ3n) is 5.29. The molecule has 3 heterocycles. The molecule has 7 heteroatoms. The van der Waals surface area contributed by atoms with Gasteiger partial charge in [0.1, 0.15) is 11.3 Å². The lowest BCUT2D eigenvalue weighted by atomic mass is 9.88. The van der Waals surface area contributed by atoms with E-state index in [1.165, 1.54) is 0 Å². The SMILES string of the molecule is CCOC(=O)[C@H]1Oc2c(c(=O)oc3ccccc23)[C@@H]1c1cc2ccccc2[nH]c1=O. The van der Waals surface area contributed by atoms with Crippen molar-refractivity contribution in [1.82, 2.24) is 4.98 Å². The van der Waals surface area contributed by atoms with Gasteiger partial charge < -0.3 is 18.9 Å². The van der Waals surface area contributed by atoms with Gasteiger partial charge in [0.25, 0.3) is 5.56 Å². The fourth-order valence-electron chi connectivity index (χ4n) is 4.00. The van der Waals surface area contributed by atoms with Crippen LogP contribution in [-0.4, -0.2) is 23.7 Å². The fourth-order valence-corrected chi connectivity index (χ4v) is 4.00. The summed E-state index contributed by atoms with van der Waals surface area (Å²) in [7, 11) is 0. The second-order valence-corrected chi connectivity index (χ2v) is 7.04. The minimum absolute atomic E-state index is 0.144. The van der Waals surface area contributed by atoms with Crippen molar-refractivity contribution >= 4 is 27.8 Å². The Kier molecular flexibility index (Phi) is 4.17. The number of aromatic nitrogens is 1. The summed E-state index contributed by atoms with van der Waals surface area (Å²) >= 11 is 0. The van der Waals surface area contributed by atoms with Crippen molar-refractivity contribution in [3.8, 4) is 5.75 Å². The van der Waals surface area contributed by atoms with Crippen LogP contribution in [0.3, 0.4) is 0 Å². The molecule has 1 aliphatic heterocycles. The van der Waals surface area contributed by atoms with E-state index < -0.39 is 29.2 Å². The zero-order chi connectivity index (χ0) is 20.8. The van der Waals surface area contributed by atoms with Crippen LogP contribution in [0.4, 0.5) is 0 Å². The maximum atomic E-state index is 12.9. The number of nitrogens with one attached hydrogen (secondary N) is 1. The van der Waals surface area contributed by atoms with Crippen LogP contribution in [-0.2, 0) is 9.53 Å². The Hall–Kier alpha value is -3.87. The first kappa shape index (κ1) is 18.2. The number of H-pyrrole nitrogens is 1. The average Bonchev–Trinajstić information content (AvgIpc) is 3.15. The van der Waals surface area contributed by atoms with E-state index in [9.17, 15) is 14.4 Å². The number of rotatable bonds is 3. The highest BCUT2D eigenvalue weighted by Crippen LogP contribution is 2.44. The number of hydrogen-bond acceptors (Lipinski definition) is 6. The normalized spacial score (nSPS) is 17.6. The molecule has 0 saturated heterocycles. The molecule has 7 nitrogen and oxygen atoms in total. The number of fused-ring (bicyclic) bond motifs is 4. The van der Waals surface area contributed by atoms with E-state index in [1.807, 2.05) is 18.2 Å². The predicted octanol–water partition coefficient (Wildman–Crippen LogP) is 3.09. The lowest BCUT2D eigenvalue weighted by molar-refractivity contribution is -0.151. The van der Waals surface area contributed by atoms with Gasteiger partial charge in [-0.15, -0.1) is 0 Å². The zero-order valence-electron chi connectivity index (χ0n) is 16.0. The Bertz CT molecular complexity index is 1420. The summed E-state index contributed by atoms with van der Waals surface area (Å²) < 4.78 is 16.6. The minimum Gasteiger partial charge on any atom is -0.476 e. The van der Waals surface area contributed by atoms with E-state index in [4.69, 9.17) is 13.9 Å². The van der Waals surface area contributed by atoms with Crippen LogP contribution < -0.4 is 15.9 Å². The Morgan fingerprint density at radius 1 is 1.10 bits per heavy atom. The lowest BCUT2D eigenvalue weighted by Gasteiger charge is -2.17. The molecule has 1 aliphatic rings. The summed E-state index contributed by atoms with van der Waals surface area (Å²) in [6, 6.07) is 15.9. The number of ether oxygens (including phenoxy) is 2. The van der Waals surface area contributed by atoms with Crippen LogP contribution in [0.5, 0.6) is 5.75 Å². The Balaban J connectivity index is 1.80. The molecule has 30 heavy (non-hydrogen) atoms. The van der Waals surface area contributed by atoms with Crippen molar-refractivity contribution in [2.24, 2.45) is 0 Å². The molecule has 0 saturated carbocycles. The number of hydrogen-bond donors (Lipinski definition) is 1. The van der Waals surface area contributed by atoms with Crippen LogP contribution in [0, 0.1) is 0 Å². The minimum atomic E-state index is -1.17. The number of carbonyl (C=O) groups excluding carboxylic acids is 1. The first-order valence-electron chi connectivity index (χ1n) is 9.59. The topological polar surface area (TPSA) is 98.6 Å². The van der Waals surface area contributed by atoms with Gasteiger partial charge in [-0.3, -0.25) is 4.79 Å². The molecule has 5 rings (SSSR count). The van der Waals surface area contributed by atoms with Crippen molar-refractivity contribution in [2.75, 3.05) is 6.61 Å². The molecule has 0 spiro atoms. The zero-order valence-corrected chi connectivity index (χ0v) is 16.0. The second kappa shape index (κ2) is 6.88. The third-order valence-corrected chi connectivity index (χ3v) is 5.29. The first-order valence-corrected chi connectivity index (χ1v) is 9.59. The average molecular weight is 403 g/mol. The Morgan fingerprint density at radius 3 is 2.70 bits per heavy atom. The van der Waals surface area contributed by atoms with Gasteiger partial charge in [-0.05, 0) is 36.6 Å². The van der Waals surface area contributed by atoms with Crippen LogP contribution in [0.25, 0.3) is 21.9 Å². The van der Waals surface area contributed by atoms with E-state index in [0.29, 0.717) is 16.5 Å². The molecule has 1 N–H and O–H groups in total. The Morgan fingerprint density at radius 2 is 1.87 bits per heavy atom. The maximum Gasteiger partial charge on any atom is 0.348 e. The molecule has 2 atom stereocenters. The third kappa shape index (κ3) is 2.70. The summed E-state index contributed by atoms with van der Waals surface area (Å²) in [4.78, 5) is 41.4. The molecular weight excluding hydrogens is 386 g/mol.